The first kappa shape index (κ1) is 13.7. The molecule has 4 heteroatoms. The molecule has 0 spiro atoms. The number of nitrogens with zero attached hydrogens (tertiary/aromatic N) is 1. The summed E-state index contributed by atoms with van der Waals surface area (Å²) in [4.78, 5) is 26.4. The normalized spacial score (nSPS) is 23.3. The van der Waals surface area contributed by atoms with Crippen LogP contribution in [0.5, 0.6) is 0 Å². The van der Waals surface area contributed by atoms with Crippen molar-refractivity contribution in [1.82, 2.24) is 4.90 Å². The van der Waals surface area contributed by atoms with E-state index in [0.29, 0.717) is 25.3 Å². The van der Waals surface area contributed by atoms with Gasteiger partial charge in [0.2, 0.25) is 0 Å². The van der Waals surface area contributed by atoms with Crippen molar-refractivity contribution < 1.29 is 14.3 Å². The average molecular weight is 261 g/mol. The molecule has 19 heavy (non-hydrogen) atoms. The fourth-order valence-electron chi connectivity index (χ4n) is 2.57. The van der Waals surface area contributed by atoms with E-state index in [0.717, 1.165) is 0 Å². The van der Waals surface area contributed by atoms with Gasteiger partial charge in [-0.25, -0.2) is 0 Å². The number of ketones is 1. The van der Waals surface area contributed by atoms with Crippen LogP contribution in [0.15, 0.2) is 30.3 Å². The second kappa shape index (κ2) is 5.97. The standard InChI is InChI=1S/C15H19NO3/c1-3-19-15(18)13-10-16(2)9-12(13)14(17)11-7-5-4-6-8-11/h4-8,12-13H,3,9-10H2,1-2H3/t12-,13+/m1/s1. The van der Waals surface area contributed by atoms with Gasteiger partial charge in [0.1, 0.15) is 0 Å². The number of Topliss-reactive ketones (excluding diaryl/α,β-unsaturated/α-hetero) is 1. The van der Waals surface area contributed by atoms with E-state index in [9.17, 15) is 9.59 Å². The van der Waals surface area contributed by atoms with Crippen molar-refractivity contribution in [2.24, 2.45) is 11.8 Å². The number of rotatable bonds is 4. The fourth-order valence-corrected chi connectivity index (χ4v) is 2.57. The molecule has 0 bridgehead atoms. The number of hydrogen-bond acceptors (Lipinski definition) is 4. The van der Waals surface area contributed by atoms with Gasteiger partial charge >= 0.3 is 5.97 Å². The number of esters is 1. The van der Waals surface area contributed by atoms with Gasteiger partial charge in [0, 0.05) is 24.6 Å². The Hall–Kier alpha value is -1.68. The van der Waals surface area contributed by atoms with Crippen LogP contribution in [0.25, 0.3) is 0 Å². The Balaban J connectivity index is 2.17. The van der Waals surface area contributed by atoms with Gasteiger partial charge in [-0.1, -0.05) is 30.3 Å². The molecule has 1 fully saturated rings. The molecule has 0 saturated carbocycles. The summed E-state index contributed by atoms with van der Waals surface area (Å²) in [6.45, 7) is 3.33. The van der Waals surface area contributed by atoms with Crippen molar-refractivity contribution in [3.63, 3.8) is 0 Å². The minimum Gasteiger partial charge on any atom is -0.466 e. The van der Waals surface area contributed by atoms with Crippen LogP contribution in [0.4, 0.5) is 0 Å². The Labute approximate surface area is 113 Å². The first-order chi connectivity index (χ1) is 9.13. The summed E-state index contributed by atoms with van der Waals surface area (Å²) in [5.74, 6) is -0.881. The van der Waals surface area contributed by atoms with Crippen molar-refractivity contribution in [3.8, 4) is 0 Å². The number of ether oxygens (including phenoxy) is 1. The molecular formula is C15H19NO3. The molecule has 2 rings (SSSR count). The van der Waals surface area contributed by atoms with E-state index in [1.165, 1.54) is 0 Å². The van der Waals surface area contributed by atoms with Crippen LogP contribution >= 0.6 is 0 Å². The largest absolute Gasteiger partial charge is 0.466 e. The molecule has 1 aromatic rings. The summed E-state index contributed by atoms with van der Waals surface area (Å²) in [7, 11) is 1.92. The van der Waals surface area contributed by atoms with Crippen LogP contribution in [0.2, 0.25) is 0 Å². The quantitative estimate of drug-likeness (QED) is 0.610. The summed E-state index contributed by atoms with van der Waals surface area (Å²) < 4.78 is 5.07. The molecule has 1 heterocycles. The van der Waals surface area contributed by atoms with Crippen molar-refractivity contribution in [1.29, 1.82) is 0 Å². The molecule has 4 nitrogen and oxygen atoms in total. The maximum absolute atomic E-state index is 12.5. The van der Waals surface area contributed by atoms with E-state index in [2.05, 4.69) is 0 Å². The molecular weight excluding hydrogens is 242 g/mol. The zero-order chi connectivity index (χ0) is 13.8. The van der Waals surface area contributed by atoms with Crippen LogP contribution in [-0.4, -0.2) is 43.4 Å². The van der Waals surface area contributed by atoms with E-state index >= 15 is 0 Å². The van der Waals surface area contributed by atoms with Crippen LogP contribution in [0, 0.1) is 11.8 Å². The molecule has 102 valence electrons. The molecule has 1 aliphatic rings. The summed E-state index contributed by atoms with van der Waals surface area (Å²) in [5, 5.41) is 0. The van der Waals surface area contributed by atoms with Crippen molar-refractivity contribution in [3.05, 3.63) is 35.9 Å². The second-order valence-corrected chi connectivity index (χ2v) is 4.92. The molecule has 0 aliphatic carbocycles. The number of benzene rings is 1. The third-order valence-corrected chi connectivity index (χ3v) is 3.49. The summed E-state index contributed by atoms with van der Waals surface area (Å²) in [6, 6.07) is 9.14. The maximum atomic E-state index is 12.5. The highest BCUT2D eigenvalue weighted by Gasteiger charge is 2.41. The van der Waals surface area contributed by atoms with Crippen LogP contribution in [0.1, 0.15) is 17.3 Å². The Morgan fingerprint density at radius 2 is 1.84 bits per heavy atom. The van der Waals surface area contributed by atoms with E-state index in [1.54, 1.807) is 19.1 Å². The zero-order valence-electron chi connectivity index (χ0n) is 11.3. The van der Waals surface area contributed by atoms with Gasteiger partial charge in [0.25, 0.3) is 0 Å². The molecule has 0 amide bonds. The summed E-state index contributed by atoms with van der Waals surface area (Å²) >= 11 is 0. The van der Waals surface area contributed by atoms with Gasteiger partial charge in [-0.05, 0) is 14.0 Å². The Morgan fingerprint density at radius 3 is 2.47 bits per heavy atom. The van der Waals surface area contributed by atoms with Gasteiger partial charge in [-0.2, -0.15) is 0 Å². The predicted octanol–water partition coefficient (Wildman–Crippen LogP) is 1.61. The molecule has 0 aromatic heterocycles. The predicted molar refractivity (Wildman–Crippen MR) is 71.9 cm³/mol. The minimum absolute atomic E-state index is 0.0306. The lowest BCUT2D eigenvalue weighted by molar-refractivity contribution is -0.148. The molecule has 1 aliphatic heterocycles. The SMILES string of the molecule is CCOC(=O)[C@H]1CN(C)C[C@H]1C(=O)c1ccccc1. The first-order valence-electron chi connectivity index (χ1n) is 6.58. The Bertz CT molecular complexity index is 458. The highest BCUT2D eigenvalue weighted by Crippen LogP contribution is 2.27. The van der Waals surface area contributed by atoms with Crippen molar-refractivity contribution in [2.75, 3.05) is 26.7 Å². The van der Waals surface area contributed by atoms with E-state index in [-0.39, 0.29) is 23.6 Å². The van der Waals surface area contributed by atoms with E-state index in [4.69, 9.17) is 4.74 Å². The highest BCUT2D eigenvalue weighted by atomic mass is 16.5. The van der Waals surface area contributed by atoms with Crippen molar-refractivity contribution in [2.45, 2.75) is 6.92 Å². The van der Waals surface area contributed by atoms with Gasteiger partial charge in [0.05, 0.1) is 12.5 Å². The smallest absolute Gasteiger partial charge is 0.311 e. The molecule has 0 radical (unpaired) electrons. The van der Waals surface area contributed by atoms with Crippen LogP contribution in [0.3, 0.4) is 0 Å². The second-order valence-electron chi connectivity index (χ2n) is 4.92. The van der Waals surface area contributed by atoms with Crippen LogP contribution in [-0.2, 0) is 9.53 Å². The maximum Gasteiger partial charge on any atom is 0.311 e. The third kappa shape index (κ3) is 3.01. The highest BCUT2D eigenvalue weighted by molar-refractivity contribution is 6.00. The third-order valence-electron chi connectivity index (χ3n) is 3.49. The number of carbonyl (C=O) groups excluding carboxylic acids is 2. The molecule has 1 aromatic carbocycles. The van der Waals surface area contributed by atoms with Gasteiger partial charge in [-0.3, -0.25) is 9.59 Å². The summed E-state index contributed by atoms with van der Waals surface area (Å²) in [5.41, 5.74) is 0.664. The Kier molecular flexibility index (Phi) is 4.32. The summed E-state index contributed by atoms with van der Waals surface area (Å²) in [6.07, 6.45) is 0. The van der Waals surface area contributed by atoms with E-state index < -0.39 is 0 Å². The Morgan fingerprint density at radius 1 is 1.21 bits per heavy atom. The lowest BCUT2D eigenvalue weighted by atomic mass is 9.88. The molecule has 1 saturated heterocycles. The molecule has 2 atom stereocenters. The number of hydrogen-bond donors (Lipinski definition) is 0. The monoisotopic (exact) mass is 261 g/mol. The van der Waals surface area contributed by atoms with E-state index in [1.807, 2.05) is 30.1 Å². The zero-order valence-corrected chi connectivity index (χ0v) is 11.3. The lowest BCUT2D eigenvalue weighted by Crippen LogP contribution is -2.30. The van der Waals surface area contributed by atoms with Gasteiger partial charge in [0.15, 0.2) is 5.78 Å². The number of carbonyl (C=O) groups is 2. The molecule has 0 N–H and O–H groups in total. The lowest BCUT2D eigenvalue weighted by Gasteiger charge is -2.15. The topological polar surface area (TPSA) is 46.6 Å². The van der Waals surface area contributed by atoms with Gasteiger partial charge in [-0.15, -0.1) is 0 Å². The fraction of sp³-hybridized carbons (Fsp3) is 0.467. The van der Waals surface area contributed by atoms with Crippen LogP contribution < -0.4 is 0 Å². The molecule has 0 unspecified atom stereocenters. The minimum atomic E-state index is -0.349. The first-order valence-corrected chi connectivity index (χ1v) is 6.58. The van der Waals surface area contributed by atoms with Crippen molar-refractivity contribution >= 4 is 11.8 Å². The average Bonchev–Trinajstić information content (AvgIpc) is 2.81. The number of likely N-dealkylation sites (tertiary alicyclic amines) is 1. The van der Waals surface area contributed by atoms with Gasteiger partial charge < -0.3 is 9.64 Å².